The van der Waals surface area contributed by atoms with Crippen molar-refractivity contribution in [2.45, 2.75) is 25.9 Å². The minimum absolute atomic E-state index is 0.0282. The number of phenols is 4. The second kappa shape index (κ2) is 5.33. The van der Waals surface area contributed by atoms with Crippen LogP contribution in [0.15, 0.2) is 30.3 Å². The van der Waals surface area contributed by atoms with Gasteiger partial charge < -0.3 is 25.2 Å². The zero-order valence-electron chi connectivity index (χ0n) is 12.2. The lowest BCUT2D eigenvalue weighted by molar-refractivity contribution is 0.108. The summed E-state index contributed by atoms with van der Waals surface area (Å²) in [4.78, 5) is 0. The Morgan fingerprint density at radius 1 is 1.00 bits per heavy atom. The lowest BCUT2D eigenvalue weighted by Gasteiger charge is -2.34. The monoisotopic (exact) mass is 302 g/mol. The fraction of sp³-hybridized carbons (Fsp3) is 0.294. The molecule has 5 nitrogen and oxygen atoms in total. The molecule has 0 aliphatic carbocycles. The number of hydrogen-bond acceptors (Lipinski definition) is 5. The highest BCUT2D eigenvalue weighted by atomic mass is 16.5. The number of hydrogen-bond donors (Lipinski definition) is 4. The van der Waals surface area contributed by atoms with Crippen LogP contribution in [0.2, 0.25) is 0 Å². The van der Waals surface area contributed by atoms with Crippen LogP contribution < -0.4 is 4.74 Å². The molecule has 2 aromatic carbocycles. The zero-order valence-corrected chi connectivity index (χ0v) is 12.2. The van der Waals surface area contributed by atoms with Crippen LogP contribution in [-0.4, -0.2) is 20.4 Å². The Morgan fingerprint density at radius 2 is 1.77 bits per heavy atom. The van der Waals surface area contributed by atoms with Gasteiger partial charge in [-0.05, 0) is 30.5 Å². The topological polar surface area (TPSA) is 90.2 Å². The fourth-order valence-electron chi connectivity index (χ4n) is 2.95. The highest BCUT2D eigenvalue weighted by molar-refractivity contribution is 5.51. The van der Waals surface area contributed by atoms with Gasteiger partial charge in [0.15, 0.2) is 11.5 Å². The summed E-state index contributed by atoms with van der Waals surface area (Å²) in [6.07, 6.45) is 1.13. The Balaban J connectivity index is 2.02. The molecular formula is C17H18O5. The number of phenolic OH excluding ortho intramolecular Hbond substituents is 4. The standard InChI is InChI=1S/C17H18O5/c1-2-9-5-12-14(20)7-11(18)8-16(12)22-17(9)10-3-4-13(19)15(21)6-10/h3-4,6-9,17-21H,2,5H2,1H3/t9-,17-/m1/s1. The molecule has 0 amide bonds. The molecule has 4 N–H and O–H groups in total. The molecule has 0 spiro atoms. The van der Waals surface area contributed by atoms with Gasteiger partial charge in [0.25, 0.3) is 0 Å². The van der Waals surface area contributed by atoms with Crippen LogP contribution in [0.25, 0.3) is 0 Å². The van der Waals surface area contributed by atoms with E-state index in [0.29, 0.717) is 17.7 Å². The Labute approximate surface area is 128 Å². The van der Waals surface area contributed by atoms with Gasteiger partial charge in [0, 0.05) is 23.6 Å². The van der Waals surface area contributed by atoms with Gasteiger partial charge in [0.2, 0.25) is 0 Å². The number of aromatic hydroxyl groups is 4. The van der Waals surface area contributed by atoms with E-state index in [2.05, 4.69) is 0 Å². The molecule has 0 unspecified atom stereocenters. The molecule has 0 radical (unpaired) electrons. The lowest BCUT2D eigenvalue weighted by Crippen LogP contribution is -2.25. The number of benzene rings is 2. The second-order valence-corrected chi connectivity index (χ2v) is 5.60. The van der Waals surface area contributed by atoms with E-state index in [1.54, 1.807) is 6.07 Å². The Bertz CT molecular complexity index is 710. The summed E-state index contributed by atoms with van der Waals surface area (Å²) in [5.41, 5.74) is 1.43. The van der Waals surface area contributed by atoms with Crippen molar-refractivity contribution in [3.05, 3.63) is 41.5 Å². The molecule has 0 fully saturated rings. The van der Waals surface area contributed by atoms with Crippen LogP contribution in [0.4, 0.5) is 0 Å². The molecule has 2 atom stereocenters. The molecule has 1 aliphatic rings. The molecule has 116 valence electrons. The third-order valence-electron chi connectivity index (χ3n) is 4.17. The minimum Gasteiger partial charge on any atom is -0.508 e. The van der Waals surface area contributed by atoms with Gasteiger partial charge in [-0.25, -0.2) is 0 Å². The number of ether oxygens (including phenoxy) is 1. The summed E-state index contributed by atoms with van der Waals surface area (Å²) in [5.74, 6) is 0.161. The van der Waals surface area contributed by atoms with E-state index >= 15 is 0 Å². The first-order valence-electron chi connectivity index (χ1n) is 7.23. The highest BCUT2D eigenvalue weighted by Gasteiger charge is 2.32. The molecule has 0 saturated carbocycles. The third kappa shape index (κ3) is 2.39. The van der Waals surface area contributed by atoms with E-state index in [1.807, 2.05) is 6.92 Å². The average molecular weight is 302 g/mol. The number of fused-ring (bicyclic) bond motifs is 1. The Kier molecular flexibility index (Phi) is 3.48. The molecule has 3 rings (SSSR count). The second-order valence-electron chi connectivity index (χ2n) is 5.60. The third-order valence-corrected chi connectivity index (χ3v) is 4.17. The molecule has 1 aliphatic heterocycles. The van der Waals surface area contributed by atoms with Crippen molar-refractivity contribution in [3.8, 4) is 28.7 Å². The quantitative estimate of drug-likeness (QED) is 0.640. The van der Waals surface area contributed by atoms with Crippen LogP contribution in [-0.2, 0) is 6.42 Å². The molecule has 2 aromatic rings. The van der Waals surface area contributed by atoms with Crippen molar-refractivity contribution in [2.24, 2.45) is 5.92 Å². The SMILES string of the molecule is CC[C@@H]1Cc2c(O)cc(O)cc2O[C@H]1c1ccc(O)c(O)c1. The van der Waals surface area contributed by atoms with Gasteiger partial charge in [0.1, 0.15) is 23.4 Å². The largest absolute Gasteiger partial charge is 0.508 e. The van der Waals surface area contributed by atoms with E-state index < -0.39 is 0 Å². The molecule has 5 heteroatoms. The first kappa shape index (κ1) is 14.4. The highest BCUT2D eigenvalue weighted by Crippen LogP contribution is 2.45. The summed E-state index contributed by atoms with van der Waals surface area (Å²) in [5, 5.41) is 38.7. The maximum Gasteiger partial charge on any atom is 0.157 e. The normalized spacial score (nSPS) is 20.2. The predicted octanol–water partition coefficient (Wildman–Crippen LogP) is 3.21. The minimum atomic E-state index is -0.315. The average Bonchev–Trinajstić information content (AvgIpc) is 2.48. The molecule has 0 bridgehead atoms. The zero-order chi connectivity index (χ0) is 15.9. The van der Waals surface area contributed by atoms with Gasteiger partial charge >= 0.3 is 0 Å². The molecule has 1 heterocycles. The summed E-state index contributed by atoms with van der Waals surface area (Å²) < 4.78 is 5.97. The molecule has 22 heavy (non-hydrogen) atoms. The van der Waals surface area contributed by atoms with Crippen LogP contribution in [0, 0.1) is 5.92 Å². The molecule has 0 aromatic heterocycles. The van der Waals surface area contributed by atoms with Gasteiger partial charge in [-0.15, -0.1) is 0 Å². The summed E-state index contributed by atoms with van der Waals surface area (Å²) in [6.45, 7) is 2.03. The summed E-state index contributed by atoms with van der Waals surface area (Å²) >= 11 is 0. The maximum absolute atomic E-state index is 9.97. The fourth-order valence-corrected chi connectivity index (χ4v) is 2.95. The summed E-state index contributed by atoms with van der Waals surface area (Å²) in [7, 11) is 0. The first-order valence-corrected chi connectivity index (χ1v) is 7.23. The smallest absolute Gasteiger partial charge is 0.157 e. The molecular weight excluding hydrogens is 284 g/mol. The van der Waals surface area contributed by atoms with Gasteiger partial charge in [0.05, 0.1) is 0 Å². The Morgan fingerprint density at radius 3 is 2.45 bits per heavy atom. The predicted molar refractivity (Wildman–Crippen MR) is 80.4 cm³/mol. The van der Waals surface area contributed by atoms with Crippen molar-refractivity contribution >= 4 is 0 Å². The van der Waals surface area contributed by atoms with Crippen molar-refractivity contribution in [2.75, 3.05) is 0 Å². The van der Waals surface area contributed by atoms with E-state index in [0.717, 1.165) is 12.0 Å². The van der Waals surface area contributed by atoms with Crippen LogP contribution in [0.5, 0.6) is 28.7 Å². The van der Waals surface area contributed by atoms with E-state index in [-0.39, 0.29) is 35.0 Å². The van der Waals surface area contributed by atoms with Crippen molar-refractivity contribution in [3.63, 3.8) is 0 Å². The summed E-state index contributed by atoms with van der Waals surface area (Å²) in [6, 6.07) is 7.40. The van der Waals surface area contributed by atoms with E-state index in [1.165, 1.54) is 24.3 Å². The van der Waals surface area contributed by atoms with E-state index in [9.17, 15) is 20.4 Å². The van der Waals surface area contributed by atoms with Crippen LogP contribution in [0.3, 0.4) is 0 Å². The number of rotatable bonds is 2. The van der Waals surface area contributed by atoms with Crippen molar-refractivity contribution < 1.29 is 25.2 Å². The molecule has 0 saturated heterocycles. The Hall–Kier alpha value is -2.56. The van der Waals surface area contributed by atoms with Crippen LogP contribution >= 0.6 is 0 Å². The lowest BCUT2D eigenvalue weighted by atomic mass is 9.84. The van der Waals surface area contributed by atoms with Crippen molar-refractivity contribution in [1.29, 1.82) is 0 Å². The van der Waals surface area contributed by atoms with Crippen LogP contribution in [0.1, 0.15) is 30.6 Å². The van der Waals surface area contributed by atoms with Gasteiger partial charge in [-0.1, -0.05) is 13.0 Å². The first-order chi connectivity index (χ1) is 10.5. The maximum atomic E-state index is 9.97. The van der Waals surface area contributed by atoms with E-state index in [4.69, 9.17) is 4.74 Å². The van der Waals surface area contributed by atoms with Gasteiger partial charge in [-0.2, -0.15) is 0 Å². The van der Waals surface area contributed by atoms with Crippen molar-refractivity contribution in [1.82, 2.24) is 0 Å². The van der Waals surface area contributed by atoms with Gasteiger partial charge in [-0.3, -0.25) is 0 Å².